The first kappa shape index (κ1) is 9.36. The van der Waals surface area contributed by atoms with E-state index in [1.54, 1.807) is 11.8 Å². The minimum absolute atomic E-state index is 0.643. The fourth-order valence-corrected chi connectivity index (χ4v) is 3.24. The number of hydrogen-bond acceptors (Lipinski definition) is 3. The minimum Gasteiger partial charge on any atom is -0.386 e. The molecule has 0 bridgehead atoms. The number of hydrogen-bond donors (Lipinski definition) is 2. The van der Waals surface area contributed by atoms with Crippen LogP contribution in [-0.2, 0) is 0 Å². The van der Waals surface area contributed by atoms with Gasteiger partial charge in [-0.3, -0.25) is 0 Å². The molecule has 0 aliphatic carbocycles. The van der Waals surface area contributed by atoms with Gasteiger partial charge in [-0.2, -0.15) is 11.8 Å². The Morgan fingerprint density at radius 1 is 1.09 bits per heavy atom. The molecule has 0 aromatic rings. The van der Waals surface area contributed by atoms with Crippen LogP contribution in [0.1, 0.15) is 26.7 Å². The Labute approximate surface area is 72.0 Å². The summed E-state index contributed by atoms with van der Waals surface area (Å²) >= 11 is 1.64. The molecule has 1 fully saturated rings. The second-order valence-electron chi connectivity index (χ2n) is 3.26. The van der Waals surface area contributed by atoms with Crippen LogP contribution in [0.4, 0.5) is 0 Å². The topological polar surface area (TPSA) is 40.5 Å². The van der Waals surface area contributed by atoms with Gasteiger partial charge in [0.1, 0.15) is 11.2 Å². The van der Waals surface area contributed by atoms with Crippen molar-refractivity contribution in [2.24, 2.45) is 0 Å². The van der Waals surface area contributed by atoms with Crippen LogP contribution in [0.5, 0.6) is 0 Å². The van der Waals surface area contributed by atoms with E-state index in [2.05, 4.69) is 0 Å². The summed E-state index contributed by atoms with van der Waals surface area (Å²) < 4.78 is 0. The van der Waals surface area contributed by atoms with Crippen molar-refractivity contribution in [3.05, 3.63) is 0 Å². The van der Waals surface area contributed by atoms with E-state index in [1.165, 1.54) is 0 Å². The van der Waals surface area contributed by atoms with Gasteiger partial charge in [-0.15, -0.1) is 0 Å². The van der Waals surface area contributed by atoms with Gasteiger partial charge in [0.05, 0.1) is 0 Å². The van der Waals surface area contributed by atoms with E-state index in [4.69, 9.17) is 0 Å². The van der Waals surface area contributed by atoms with Gasteiger partial charge in [-0.05, 0) is 12.8 Å². The first-order chi connectivity index (χ1) is 5.08. The van der Waals surface area contributed by atoms with Gasteiger partial charge in [0.2, 0.25) is 0 Å². The zero-order valence-electron chi connectivity index (χ0n) is 7.13. The van der Waals surface area contributed by atoms with Crippen LogP contribution < -0.4 is 0 Å². The second-order valence-corrected chi connectivity index (χ2v) is 4.25. The summed E-state index contributed by atoms with van der Waals surface area (Å²) in [6, 6.07) is 0. The highest BCUT2D eigenvalue weighted by molar-refractivity contribution is 7.99. The molecule has 1 saturated heterocycles. The highest BCUT2D eigenvalue weighted by Gasteiger charge is 2.50. The third kappa shape index (κ3) is 1.30. The van der Waals surface area contributed by atoms with Crippen molar-refractivity contribution < 1.29 is 10.2 Å². The lowest BCUT2D eigenvalue weighted by molar-refractivity contribution is -0.120. The van der Waals surface area contributed by atoms with Crippen molar-refractivity contribution in [2.75, 3.05) is 11.5 Å². The Balaban J connectivity index is 2.79. The fraction of sp³-hybridized carbons (Fsp3) is 1.00. The minimum atomic E-state index is -0.841. The standard InChI is InChI=1S/C8H16O2S/c1-3-7(9)5-11-6-8(7,10)4-2/h9-10H,3-6H2,1-2H3/t7-,8+. The number of aliphatic hydroxyl groups is 2. The molecule has 0 saturated carbocycles. The summed E-state index contributed by atoms with van der Waals surface area (Å²) in [4.78, 5) is 0. The first-order valence-corrected chi connectivity index (χ1v) is 5.26. The van der Waals surface area contributed by atoms with Crippen LogP contribution in [0.25, 0.3) is 0 Å². The van der Waals surface area contributed by atoms with Crippen molar-refractivity contribution in [1.82, 2.24) is 0 Å². The average molecular weight is 176 g/mol. The molecule has 0 spiro atoms. The van der Waals surface area contributed by atoms with Crippen LogP contribution in [0, 0.1) is 0 Å². The molecule has 1 aliphatic heterocycles. The Morgan fingerprint density at radius 3 is 1.73 bits per heavy atom. The SMILES string of the molecule is CC[C@@]1(O)CSC[C@@]1(O)CC. The van der Waals surface area contributed by atoms with Crippen LogP contribution in [0.2, 0.25) is 0 Å². The normalized spacial score (nSPS) is 44.7. The van der Waals surface area contributed by atoms with Gasteiger partial charge in [-0.25, -0.2) is 0 Å². The van der Waals surface area contributed by atoms with Gasteiger partial charge in [0, 0.05) is 11.5 Å². The maximum Gasteiger partial charge on any atom is 0.103 e. The van der Waals surface area contributed by atoms with E-state index >= 15 is 0 Å². The summed E-state index contributed by atoms with van der Waals surface area (Å²) in [6.07, 6.45) is 1.29. The van der Waals surface area contributed by atoms with Crippen molar-refractivity contribution in [2.45, 2.75) is 37.9 Å². The zero-order valence-corrected chi connectivity index (χ0v) is 7.95. The zero-order chi connectivity index (χ0) is 8.54. The molecule has 0 radical (unpaired) electrons. The predicted octanol–water partition coefficient (Wildman–Crippen LogP) is 1.02. The Hall–Kier alpha value is 0.270. The number of rotatable bonds is 2. The van der Waals surface area contributed by atoms with E-state index in [-0.39, 0.29) is 0 Å². The quantitative estimate of drug-likeness (QED) is 0.660. The van der Waals surface area contributed by atoms with Crippen LogP contribution in [-0.4, -0.2) is 32.9 Å². The molecule has 3 heteroatoms. The second kappa shape index (κ2) is 2.96. The molecule has 0 aromatic heterocycles. The monoisotopic (exact) mass is 176 g/mol. The molecular weight excluding hydrogens is 160 g/mol. The van der Waals surface area contributed by atoms with E-state index < -0.39 is 11.2 Å². The lowest BCUT2D eigenvalue weighted by Crippen LogP contribution is -2.52. The lowest BCUT2D eigenvalue weighted by atomic mass is 9.82. The molecule has 1 aliphatic rings. The molecule has 0 unspecified atom stereocenters. The molecule has 2 atom stereocenters. The molecule has 2 N–H and O–H groups in total. The van der Waals surface area contributed by atoms with Gasteiger partial charge >= 0.3 is 0 Å². The van der Waals surface area contributed by atoms with E-state index in [9.17, 15) is 10.2 Å². The molecule has 0 aromatic carbocycles. The summed E-state index contributed by atoms with van der Waals surface area (Å²) in [5, 5.41) is 19.9. The summed E-state index contributed by atoms with van der Waals surface area (Å²) in [5.41, 5.74) is -1.68. The first-order valence-electron chi connectivity index (χ1n) is 4.10. The molecule has 2 nitrogen and oxygen atoms in total. The maximum atomic E-state index is 9.95. The molecule has 1 heterocycles. The van der Waals surface area contributed by atoms with Crippen LogP contribution in [0.15, 0.2) is 0 Å². The summed E-state index contributed by atoms with van der Waals surface area (Å²) in [7, 11) is 0. The maximum absolute atomic E-state index is 9.95. The van der Waals surface area contributed by atoms with E-state index in [0.717, 1.165) is 0 Å². The lowest BCUT2D eigenvalue weighted by Gasteiger charge is -2.35. The van der Waals surface area contributed by atoms with Gasteiger partial charge in [-0.1, -0.05) is 13.8 Å². The molecule has 11 heavy (non-hydrogen) atoms. The Bertz CT molecular complexity index is 135. The van der Waals surface area contributed by atoms with Crippen molar-refractivity contribution in [1.29, 1.82) is 0 Å². The van der Waals surface area contributed by atoms with E-state index in [0.29, 0.717) is 24.3 Å². The predicted molar refractivity (Wildman–Crippen MR) is 47.8 cm³/mol. The van der Waals surface area contributed by atoms with E-state index in [1.807, 2.05) is 13.8 Å². The molecular formula is C8H16O2S. The van der Waals surface area contributed by atoms with Crippen molar-refractivity contribution >= 4 is 11.8 Å². The van der Waals surface area contributed by atoms with Crippen LogP contribution in [0.3, 0.4) is 0 Å². The molecule has 0 amide bonds. The van der Waals surface area contributed by atoms with Crippen molar-refractivity contribution in [3.63, 3.8) is 0 Å². The van der Waals surface area contributed by atoms with Gasteiger partial charge in [0.25, 0.3) is 0 Å². The van der Waals surface area contributed by atoms with Gasteiger partial charge in [0.15, 0.2) is 0 Å². The number of thioether (sulfide) groups is 1. The largest absolute Gasteiger partial charge is 0.386 e. The summed E-state index contributed by atoms with van der Waals surface area (Å²) in [6.45, 7) is 3.85. The average Bonchev–Trinajstić information content (AvgIpc) is 2.31. The highest BCUT2D eigenvalue weighted by atomic mass is 32.2. The Kier molecular flexibility index (Phi) is 2.52. The molecule has 1 rings (SSSR count). The third-order valence-electron chi connectivity index (χ3n) is 2.72. The molecule has 66 valence electrons. The highest BCUT2D eigenvalue weighted by Crippen LogP contribution is 2.41. The van der Waals surface area contributed by atoms with Gasteiger partial charge < -0.3 is 10.2 Å². The Morgan fingerprint density at radius 2 is 1.45 bits per heavy atom. The fourth-order valence-electron chi connectivity index (χ4n) is 1.52. The van der Waals surface area contributed by atoms with Crippen molar-refractivity contribution in [3.8, 4) is 0 Å². The van der Waals surface area contributed by atoms with Crippen LogP contribution >= 0.6 is 11.8 Å². The smallest absolute Gasteiger partial charge is 0.103 e. The third-order valence-corrected chi connectivity index (χ3v) is 4.08. The summed E-state index contributed by atoms with van der Waals surface area (Å²) in [5.74, 6) is 1.35.